The summed E-state index contributed by atoms with van der Waals surface area (Å²) in [5, 5.41) is 0. The molecular formula is C20H23NO2. The highest BCUT2D eigenvalue weighted by molar-refractivity contribution is 5.98. The highest BCUT2D eigenvalue weighted by Gasteiger charge is 2.14. The van der Waals surface area contributed by atoms with Gasteiger partial charge in [0.1, 0.15) is 5.75 Å². The second-order valence-corrected chi connectivity index (χ2v) is 5.17. The van der Waals surface area contributed by atoms with Gasteiger partial charge in [0.05, 0.1) is 7.11 Å². The lowest BCUT2D eigenvalue weighted by molar-refractivity contribution is 0.0773. The normalized spacial score (nSPS) is 10.7. The maximum atomic E-state index is 12.6. The molecule has 2 aromatic carbocycles. The van der Waals surface area contributed by atoms with Gasteiger partial charge in [0, 0.05) is 18.7 Å². The van der Waals surface area contributed by atoms with E-state index >= 15 is 0 Å². The van der Waals surface area contributed by atoms with E-state index < -0.39 is 0 Å². The molecule has 0 atom stereocenters. The van der Waals surface area contributed by atoms with Crippen LogP contribution in [0.25, 0.3) is 12.2 Å². The summed E-state index contributed by atoms with van der Waals surface area (Å²) in [4.78, 5) is 14.4. The minimum absolute atomic E-state index is 0.0741. The van der Waals surface area contributed by atoms with Crippen LogP contribution in [0, 0.1) is 0 Å². The van der Waals surface area contributed by atoms with Gasteiger partial charge in [-0.1, -0.05) is 42.5 Å². The van der Waals surface area contributed by atoms with Gasteiger partial charge in [-0.3, -0.25) is 4.79 Å². The number of ether oxygens (including phenoxy) is 1. The van der Waals surface area contributed by atoms with Crippen molar-refractivity contribution in [2.45, 2.75) is 13.8 Å². The zero-order valence-corrected chi connectivity index (χ0v) is 14.0. The summed E-state index contributed by atoms with van der Waals surface area (Å²) < 4.78 is 5.16. The van der Waals surface area contributed by atoms with E-state index in [9.17, 15) is 4.79 Å². The summed E-state index contributed by atoms with van der Waals surface area (Å²) in [5.41, 5.74) is 2.73. The Kier molecular flexibility index (Phi) is 5.98. The molecular weight excluding hydrogens is 286 g/mol. The zero-order chi connectivity index (χ0) is 16.7. The monoisotopic (exact) mass is 309 g/mol. The summed E-state index contributed by atoms with van der Waals surface area (Å²) in [5.74, 6) is 0.907. The van der Waals surface area contributed by atoms with Crippen LogP contribution in [0.3, 0.4) is 0 Å². The van der Waals surface area contributed by atoms with Gasteiger partial charge in [-0.25, -0.2) is 0 Å². The maximum Gasteiger partial charge on any atom is 0.254 e. The number of rotatable bonds is 6. The van der Waals surface area contributed by atoms with E-state index in [-0.39, 0.29) is 5.91 Å². The van der Waals surface area contributed by atoms with E-state index in [0.29, 0.717) is 13.1 Å². The first-order chi connectivity index (χ1) is 11.2. The second-order valence-electron chi connectivity index (χ2n) is 5.17. The summed E-state index contributed by atoms with van der Waals surface area (Å²) in [6.45, 7) is 5.42. The number of amides is 1. The van der Waals surface area contributed by atoms with Crippen LogP contribution >= 0.6 is 0 Å². The fourth-order valence-corrected chi connectivity index (χ4v) is 2.42. The first kappa shape index (κ1) is 16.8. The van der Waals surface area contributed by atoms with Crippen molar-refractivity contribution >= 4 is 18.1 Å². The molecule has 0 N–H and O–H groups in total. The van der Waals surface area contributed by atoms with Gasteiger partial charge < -0.3 is 9.64 Å². The zero-order valence-electron chi connectivity index (χ0n) is 14.0. The van der Waals surface area contributed by atoms with Crippen molar-refractivity contribution in [1.82, 2.24) is 4.90 Å². The Morgan fingerprint density at radius 2 is 1.65 bits per heavy atom. The standard InChI is InChI=1S/C20H23NO2/c1-4-21(5-2)20(22)19-9-7-6-8-17(19)13-10-16-11-14-18(23-3)15-12-16/h6-15H,4-5H2,1-3H3/b13-10+. The fraction of sp³-hybridized carbons (Fsp3) is 0.250. The van der Waals surface area contributed by atoms with Gasteiger partial charge >= 0.3 is 0 Å². The lowest BCUT2D eigenvalue weighted by Crippen LogP contribution is -2.30. The van der Waals surface area contributed by atoms with Gasteiger partial charge in [0.25, 0.3) is 5.91 Å². The maximum absolute atomic E-state index is 12.6. The number of carbonyl (C=O) groups excluding carboxylic acids is 1. The molecule has 0 unspecified atom stereocenters. The summed E-state index contributed by atoms with van der Waals surface area (Å²) in [7, 11) is 1.65. The topological polar surface area (TPSA) is 29.5 Å². The Labute approximate surface area is 138 Å². The van der Waals surface area contributed by atoms with Gasteiger partial charge in [-0.05, 0) is 43.2 Å². The smallest absolute Gasteiger partial charge is 0.254 e. The second kappa shape index (κ2) is 8.18. The SMILES string of the molecule is CCN(CC)C(=O)c1ccccc1/C=C/c1ccc(OC)cc1. The minimum Gasteiger partial charge on any atom is -0.497 e. The van der Waals surface area contributed by atoms with Crippen molar-refractivity contribution in [2.24, 2.45) is 0 Å². The largest absolute Gasteiger partial charge is 0.497 e. The van der Waals surface area contributed by atoms with Crippen LogP contribution in [0.2, 0.25) is 0 Å². The molecule has 0 heterocycles. The third-order valence-corrected chi connectivity index (χ3v) is 3.81. The molecule has 0 aliphatic carbocycles. The predicted octanol–water partition coefficient (Wildman–Crippen LogP) is 4.35. The molecule has 1 amide bonds. The lowest BCUT2D eigenvalue weighted by Gasteiger charge is -2.19. The van der Waals surface area contributed by atoms with E-state index in [1.54, 1.807) is 7.11 Å². The highest BCUT2D eigenvalue weighted by Crippen LogP contribution is 2.17. The van der Waals surface area contributed by atoms with Gasteiger partial charge in [-0.2, -0.15) is 0 Å². The number of nitrogens with zero attached hydrogens (tertiary/aromatic N) is 1. The van der Waals surface area contributed by atoms with Crippen molar-refractivity contribution in [1.29, 1.82) is 0 Å². The van der Waals surface area contributed by atoms with Crippen LogP contribution in [0.15, 0.2) is 48.5 Å². The molecule has 0 spiro atoms. The molecule has 0 saturated carbocycles. The molecule has 0 aliphatic heterocycles. The van der Waals surface area contributed by atoms with Crippen molar-refractivity contribution < 1.29 is 9.53 Å². The van der Waals surface area contributed by atoms with E-state index in [1.807, 2.05) is 79.4 Å². The number of carbonyl (C=O) groups is 1. The molecule has 0 saturated heterocycles. The summed E-state index contributed by atoms with van der Waals surface area (Å²) in [6, 6.07) is 15.5. The molecule has 2 rings (SSSR count). The first-order valence-corrected chi connectivity index (χ1v) is 7.90. The summed E-state index contributed by atoms with van der Waals surface area (Å²) in [6.07, 6.45) is 3.99. The fourth-order valence-electron chi connectivity index (χ4n) is 2.42. The van der Waals surface area contributed by atoms with E-state index in [4.69, 9.17) is 4.74 Å². The molecule has 0 radical (unpaired) electrons. The third kappa shape index (κ3) is 4.22. The number of benzene rings is 2. The van der Waals surface area contributed by atoms with Gasteiger partial charge in [0.2, 0.25) is 0 Å². The van der Waals surface area contributed by atoms with E-state index in [0.717, 1.165) is 22.4 Å². The average molecular weight is 309 g/mol. The van der Waals surface area contributed by atoms with E-state index in [2.05, 4.69) is 0 Å². The number of hydrogen-bond acceptors (Lipinski definition) is 2. The lowest BCUT2D eigenvalue weighted by atomic mass is 10.0. The molecule has 120 valence electrons. The minimum atomic E-state index is 0.0741. The molecule has 0 aliphatic rings. The van der Waals surface area contributed by atoms with Crippen LogP contribution in [0.4, 0.5) is 0 Å². The Morgan fingerprint density at radius 3 is 2.26 bits per heavy atom. The third-order valence-electron chi connectivity index (χ3n) is 3.81. The Bertz CT molecular complexity index is 670. The van der Waals surface area contributed by atoms with Crippen LogP contribution in [0.5, 0.6) is 5.75 Å². The number of methoxy groups -OCH3 is 1. The van der Waals surface area contributed by atoms with E-state index in [1.165, 1.54) is 0 Å². The predicted molar refractivity (Wildman–Crippen MR) is 95.6 cm³/mol. The van der Waals surface area contributed by atoms with Gasteiger partial charge in [0.15, 0.2) is 0 Å². The van der Waals surface area contributed by atoms with Crippen LogP contribution in [-0.2, 0) is 0 Å². The van der Waals surface area contributed by atoms with Crippen molar-refractivity contribution in [3.05, 3.63) is 65.2 Å². The Morgan fingerprint density at radius 1 is 1.00 bits per heavy atom. The molecule has 3 nitrogen and oxygen atoms in total. The van der Waals surface area contributed by atoms with Gasteiger partial charge in [-0.15, -0.1) is 0 Å². The molecule has 2 aromatic rings. The highest BCUT2D eigenvalue weighted by atomic mass is 16.5. The first-order valence-electron chi connectivity index (χ1n) is 7.90. The quantitative estimate of drug-likeness (QED) is 0.743. The Balaban J connectivity index is 2.25. The Hall–Kier alpha value is -2.55. The van der Waals surface area contributed by atoms with Crippen molar-refractivity contribution in [3.8, 4) is 5.75 Å². The van der Waals surface area contributed by atoms with Crippen LogP contribution in [-0.4, -0.2) is 31.0 Å². The number of hydrogen-bond donors (Lipinski definition) is 0. The van der Waals surface area contributed by atoms with Crippen LogP contribution < -0.4 is 4.74 Å². The molecule has 0 fully saturated rings. The summed E-state index contributed by atoms with van der Waals surface area (Å²) >= 11 is 0. The van der Waals surface area contributed by atoms with Crippen molar-refractivity contribution in [2.75, 3.05) is 20.2 Å². The van der Waals surface area contributed by atoms with Crippen LogP contribution in [0.1, 0.15) is 35.3 Å². The molecule has 0 aromatic heterocycles. The molecule has 23 heavy (non-hydrogen) atoms. The molecule has 3 heteroatoms. The molecule has 0 bridgehead atoms. The average Bonchev–Trinajstić information content (AvgIpc) is 2.61. The van der Waals surface area contributed by atoms with Crippen molar-refractivity contribution in [3.63, 3.8) is 0 Å².